The van der Waals surface area contributed by atoms with Gasteiger partial charge in [0.2, 0.25) is 0 Å². The number of rotatable bonds is 3. The van der Waals surface area contributed by atoms with E-state index in [9.17, 15) is 9.18 Å². The van der Waals surface area contributed by atoms with E-state index in [1.807, 2.05) is 0 Å². The van der Waals surface area contributed by atoms with E-state index < -0.39 is 11.8 Å². The monoisotopic (exact) mass is 210 g/mol. The third-order valence-corrected chi connectivity index (χ3v) is 1.78. The molecule has 0 amide bonds. The second kappa shape index (κ2) is 4.54. The lowest BCUT2D eigenvalue weighted by atomic mass is 10.2. The number of halogens is 1. The van der Waals surface area contributed by atoms with Crippen LogP contribution in [-0.2, 0) is 4.79 Å². The summed E-state index contributed by atoms with van der Waals surface area (Å²) in [5, 5.41) is 12.0. The SMILES string of the molecule is C/C(=N/Nc1cc(C)ccc1F)C(=O)O. The standard InChI is InChI=1S/C10H11FN2O2/c1-6-3-4-8(11)9(5-6)13-12-7(2)10(14)15/h3-5,13H,1-2H3,(H,14,15)/b12-7-. The molecule has 0 fully saturated rings. The summed E-state index contributed by atoms with van der Waals surface area (Å²) in [4.78, 5) is 10.4. The van der Waals surface area contributed by atoms with Crippen molar-refractivity contribution in [3.05, 3.63) is 29.6 Å². The van der Waals surface area contributed by atoms with Gasteiger partial charge in [0, 0.05) is 0 Å². The number of anilines is 1. The topological polar surface area (TPSA) is 61.7 Å². The summed E-state index contributed by atoms with van der Waals surface area (Å²) >= 11 is 0. The Bertz CT molecular complexity index is 416. The number of hydrogen-bond donors (Lipinski definition) is 2. The minimum Gasteiger partial charge on any atom is -0.477 e. The molecule has 0 aromatic heterocycles. The van der Waals surface area contributed by atoms with Crippen LogP contribution in [0, 0.1) is 12.7 Å². The molecule has 0 atom stereocenters. The van der Waals surface area contributed by atoms with Crippen molar-refractivity contribution in [1.29, 1.82) is 0 Å². The van der Waals surface area contributed by atoms with Crippen LogP contribution < -0.4 is 5.43 Å². The van der Waals surface area contributed by atoms with E-state index in [2.05, 4.69) is 10.5 Å². The lowest BCUT2D eigenvalue weighted by Gasteiger charge is -2.03. The normalized spacial score (nSPS) is 11.3. The molecule has 0 spiro atoms. The Morgan fingerprint density at radius 1 is 1.53 bits per heavy atom. The van der Waals surface area contributed by atoms with E-state index in [0.29, 0.717) is 0 Å². The van der Waals surface area contributed by atoms with Crippen LogP contribution in [0.4, 0.5) is 10.1 Å². The first-order valence-electron chi connectivity index (χ1n) is 4.30. The first-order valence-corrected chi connectivity index (χ1v) is 4.30. The zero-order valence-corrected chi connectivity index (χ0v) is 8.41. The lowest BCUT2D eigenvalue weighted by Crippen LogP contribution is -2.10. The summed E-state index contributed by atoms with van der Waals surface area (Å²) in [6.07, 6.45) is 0. The van der Waals surface area contributed by atoms with Crippen molar-refractivity contribution >= 4 is 17.4 Å². The average Bonchev–Trinajstić information content (AvgIpc) is 2.18. The average molecular weight is 210 g/mol. The molecule has 0 aliphatic heterocycles. The summed E-state index contributed by atoms with van der Waals surface area (Å²) in [6.45, 7) is 3.13. The van der Waals surface area contributed by atoms with Crippen molar-refractivity contribution in [1.82, 2.24) is 0 Å². The van der Waals surface area contributed by atoms with E-state index >= 15 is 0 Å². The van der Waals surface area contributed by atoms with E-state index in [4.69, 9.17) is 5.11 Å². The van der Waals surface area contributed by atoms with Gasteiger partial charge in [-0.3, -0.25) is 5.43 Å². The predicted octanol–water partition coefficient (Wildman–Crippen LogP) is 2.01. The smallest absolute Gasteiger partial charge is 0.351 e. The van der Waals surface area contributed by atoms with E-state index in [1.54, 1.807) is 19.1 Å². The summed E-state index contributed by atoms with van der Waals surface area (Å²) in [5.74, 6) is -1.61. The van der Waals surface area contributed by atoms with Crippen LogP contribution in [0.5, 0.6) is 0 Å². The molecule has 4 nitrogen and oxygen atoms in total. The van der Waals surface area contributed by atoms with Gasteiger partial charge in [-0.1, -0.05) is 6.07 Å². The van der Waals surface area contributed by atoms with Crippen LogP contribution >= 0.6 is 0 Å². The third kappa shape index (κ3) is 3.05. The highest BCUT2D eigenvalue weighted by molar-refractivity contribution is 6.34. The molecule has 0 aliphatic rings. The number of carboxylic acids is 1. The second-order valence-corrected chi connectivity index (χ2v) is 3.10. The highest BCUT2D eigenvalue weighted by Gasteiger charge is 2.03. The van der Waals surface area contributed by atoms with Crippen LogP contribution in [0.1, 0.15) is 12.5 Å². The fourth-order valence-corrected chi connectivity index (χ4v) is 0.917. The summed E-state index contributed by atoms with van der Waals surface area (Å²) in [5.41, 5.74) is 3.26. The molecule has 0 aliphatic carbocycles. The fraction of sp³-hybridized carbons (Fsp3) is 0.200. The fourth-order valence-electron chi connectivity index (χ4n) is 0.917. The number of hydrazone groups is 1. The Morgan fingerprint density at radius 3 is 2.80 bits per heavy atom. The van der Waals surface area contributed by atoms with Gasteiger partial charge in [0.05, 0.1) is 5.69 Å². The molecule has 1 aromatic rings. The minimum absolute atomic E-state index is 0.129. The Morgan fingerprint density at radius 2 is 2.20 bits per heavy atom. The van der Waals surface area contributed by atoms with Crippen LogP contribution in [0.3, 0.4) is 0 Å². The first kappa shape index (κ1) is 11.2. The number of aryl methyl sites for hydroxylation is 1. The number of nitrogens with one attached hydrogen (secondary N) is 1. The Balaban J connectivity index is 2.86. The number of aliphatic carboxylic acids is 1. The molecule has 1 aromatic carbocycles. The molecule has 0 saturated carbocycles. The number of carbonyl (C=O) groups is 1. The molecular formula is C10H11FN2O2. The summed E-state index contributed by atoms with van der Waals surface area (Å²) < 4.78 is 13.1. The third-order valence-electron chi connectivity index (χ3n) is 1.78. The van der Waals surface area contributed by atoms with Gasteiger partial charge in [-0.15, -0.1) is 0 Å². The summed E-state index contributed by atoms with van der Waals surface area (Å²) in [6, 6.07) is 4.46. The molecule has 1 rings (SSSR count). The Hall–Kier alpha value is -1.91. The van der Waals surface area contributed by atoms with Crippen molar-refractivity contribution in [2.45, 2.75) is 13.8 Å². The minimum atomic E-state index is -1.14. The molecule has 0 saturated heterocycles. The van der Waals surface area contributed by atoms with Gasteiger partial charge in [-0.25, -0.2) is 9.18 Å². The maximum absolute atomic E-state index is 13.1. The number of hydrogen-bond acceptors (Lipinski definition) is 3. The van der Waals surface area contributed by atoms with Crippen molar-refractivity contribution in [3.8, 4) is 0 Å². The van der Waals surface area contributed by atoms with E-state index in [0.717, 1.165) is 5.56 Å². The van der Waals surface area contributed by atoms with Crippen molar-refractivity contribution in [2.75, 3.05) is 5.43 Å². The van der Waals surface area contributed by atoms with Gasteiger partial charge in [-0.2, -0.15) is 5.10 Å². The number of benzene rings is 1. The van der Waals surface area contributed by atoms with Crippen molar-refractivity contribution < 1.29 is 14.3 Å². The van der Waals surface area contributed by atoms with Crippen molar-refractivity contribution in [2.24, 2.45) is 5.10 Å². The molecule has 80 valence electrons. The van der Waals surface area contributed by atoms with Crippen molar-refractivity contribution in [3.63, 3.8) is 0 Å². The first-order chi connectivity index (χ1) is 7.00. The molecule has 2 N–H and O–H groups in total. The van der Waals surface area contributed by atoms with Crippen LogP contribution in [0.15, 0.2) is 23.3 Å². The Labute approximate surface area is 86.4 Å². The zero-order valence-electron chi connectivity index (χ0n) is 8.41. The number of carboxylic acid groups (broad SMARTS) is 1. The molecule has 0 bridgehead atoms. The Kier molecular flexibility index (Phi) is 3.38. The van der Waals surface area contributed by atoms with Crippen LogP contribution in [0.2, 0.25) is 0 Å². The van der Waals surface area contributed by atoms with E-state index in [-0.39, 0.29) is 11.4 Å². The highest BCUT2D eigenvalue weighted by atomic mass is 19.1. The quantitative estimate of drug-likeness (QED) is 0.592. The van der Waals surface area contributed by atoms with Gasteiger partial charge in [0.1, 0.15) is 11.5 Å². The van der Waals surface area contributed by atoms with Gasteiger partial charge in [0.25, 0.3) is 0 Å². The zero-order chi connectivity index (χ0) is 11.4. The predicted molar refractivity (Wildman–Crippen MR) is 55.5 cm³/mol. The van der Waals surface area contributed by atoms with Gasteiger partial charge < -0.3 is 5.11 Å². The lowest BCUT2D eigenvalue weighted by molar-refractivity contribution is -0.129. The molecular weight excluding hydrogens is 199 g/mol. The molecule has 0 radical (unpaired) electrons. The maximum atomic E-state index is 13.1. The van der Waals surface area contributed by atoms with Gasteiger partial charge in [-0.05, 0) is 31.5 Å². The second-order valence-electron chi connectivity index (χ2n) is 3.10. The molecule has 0 unspecified atom stereocenters. The largest absolute Gasteiger partial charge is 0.477 e. The van der Waals surface area contributed by atoms with Gasteiger partial charge in [0.15, 0.2) is 0 Å². The summed E-state index contributed by atoms with van der Waals surface area (Å²) in [7, 11) is 0. The molecule has 0 heterocycles. The highest BCUT2D eigenvalue weighted by Crippen LogP contribution is 2.15. The maximum Gasteiger partial charge on any atom is 0.351 e. The molecule has 5 heteroatoms. The van der Waals surface area contributed by atoms with Gasteiger partial charge >= 0.3 is 5.97 Å². The molecule has 15 heavy (non-hydrogen) atoms. The van der Waals surface area contributed by atoms with Crippen LogP contribution in [0.25, 0.3) is 0 Å². The van der Waals surface area contributed by atoms with Crippen LogP contribution in [-0.4, -0.2) is 16.8 Å². The van der Waals surface area contributed by atoms with E-state index in [1.165, 1.54) is 13.0 Å². The number of nitrogens with zero attached hydrogens (tertiary/aromatic N) is 1.